The maximum Gasteiger partial charge on any atom is 0.411 e. The summed E-state index contributed by atoms with van der Waals surface area (Å²) in [5.41, 5.74) is -0.433. The summed E-state index contributed by atoms with van der Waals surface area (Å²) in [6.45, 7) is -0.499. The number of nitrogens with zero attached hydrogens (tertiary/aromatic N) is 1. The largest absolute Gasteiger partial charge is 0.504 e. The molecule has 1 aromatic rings. The molecule has 0 bridgehead atoms. The van der Waals surface area contributed by atoms with Crippen molar-refractivity contribution in [1.29, 1.82) is 0 Å². The molecule has 12 heteroatoms. The van der Waals surface area contributed by atoms with Gasteiger partial charge in [0.1, 0.15) is 17.5 Å². The second-order valence-electron chi connectivity index (χ2n) is 4.82. The van der Waals surface area contributed by atoms with Crippen LogP contribution >= 0.6 is 11.6 Å². The Morgan fingerprint density at radius 1 is 1.38 bits per heavy atom. The Morgan fingerprint density at radius 2 is 1.96 bits per heavy atom. The molecule has 0 saturated heterocycles. The zero-order valence-corrected chi connectivity index (χ0v) is 14.1. The molecule has 1 rings (SSSR count). The van der Waals surface area contributed by atoms with Gasteiger partial charge in [-0.15, -0.1) is 0 Å². The molecule has 0 aliphatic rings. The second-order valence-corrected chi connectivity index (χ2v) is 6.64. The number of carboxylic acid groups (broad SMARTS) is 1. The minimum absolute atomic E-state index is 0.188. The molecule has 1 amide bonds. The first-order chi connectivity index (χ1) is 10.9. The maximum atomic E-state index is 11.7. The van der Waals surface area contributed by atoms with Crippen molar-refractivity contribution in [1.82, 2.24) is 4.90 Å². The first kappa shape index (κ1) is 20.0. The molecule has 0 aliphatic carbocycles. The lowest BCUT2D eigenvalue weighted by Gasteiger charge is -2.19. The number of phenolic OH excluding ortho intramolecular Hbond substituents is 1. The number of anilines is 1. The van der Waals surface area contributed by atoms with E-state index in [0.29, 0.717) is 0 Å². The number of benzene rings is 1. The Morgan fingerprint density at radius 3 is 2.42 bits per heavy atom. The van der Waals surface area contributed by atoms with E-state index in [0.717, 1.165) is 12.1 Å². The van der Waals surface area contributed by atoms with Crippen molar-refractivity contribution in [3.8, 4) is 5.75 Å². The number of amides is 1. The van der Waals surface area contributed by atoms with Gasteiger partial charge in [0.2, 0.25) is 0 Å². The average Bonchev–Trinajstić information content (AvgIpc) is 2.40. The number of ether oxygens (including phenoxy) is 1. The van der Waals surface area contributed by atoms with Crippen LogP contribution in [0.4, 0.5) is 10.5 Å². The summed E-state index contributed by atoms with van der Waals surface area (Å²) in [6, 6.07) is 0.708. The van der Waals surface area contributed by atoms with Crippen LogP contribution in [0.15, 0.2) is 17.0 Å². The monoisotopic (exact) mass is 382 g/mol. The molecule has 1 aromatic carbocycles. The van der Waals surface area contributed by atoms with Gasteiger partial charge in [-0.05, 0) is 26.2 Å². The first-order valence-corrected chi connectivity index (χ1v) is 8.08. The fourth-order valence-corrected chi connectivity index (χ4v) is 2.52. The summed E-state index contributed by atoms with van der Waals surface area (Å²) in [5, 5.41) is 20.6. The highest BCUT2D eigenvalue weighted by Crippen LogP contribution is 2.34. The van der Waals surface area contributed by atoms with Crippen LogP contribution in [0.5, 0.6) is 5.75 Å². The fourth-order valence-electron chi connectivity index (χ4n) is 1.61. The Hall–Kier alpha value is -2.08. The van der Waals surface area contributed by atoms with Gasteiger partial charge in [0, 0.05) is 5.02 Å². The van der Waals surface area contributed by atoms with Crippen molar-refractivity contribution in [2.45, 2.75) is 10.9 Å². The van der Waals surface area contributed by atoms with E-state index < -0.39 is 51.2 Å². The van der Waals surface area contributed by atoms with Crippen molar-refractivity contribution in [2.24, 2.45) is 0 Å². The number of carbonyl (C=O) groups is 2. The van der Waals surface area contributed by atoms with Crippen LogP contribution in [0, 0.1) is 0 Å². The van der Waals surface area contributed by atoms with Gasteiger partial charge in [-0.1, -0.05) is 11.6 Å². The molecule has 24 heavy (non-hydrogen) atoms. The highest BCUT2D eigenvalue weighted by Gasteiger charge is 2.24. The SMILES string of the molecule is CN(C)[C@@H](COC(=O)Nc1cc(Cl)cc(S(=O)(=O)O)c1O)C(=O)O. The molecule has 10 nitrogen and oxygen atoms in total. The van der Waals surface area contributed by atoms with Crippen molar-refractivity contribution in [2.75, 3.05) is 26.0 Å². The lowest BCUT2D eigenvalue weighted by molar-refractivity contribution is -0.143. The lowest BCUT2D eigenvalue weighted by Crippen LogP contribution is -2.40. The molecule has 134 valence electrons. The van der Waals surface area contributed by atoms with E-state index in [4.69, 9.17) is 26.0 Å². The zero-order valence-electron chi connectivity index (χ0n) is 12.6. The standard InChI is InChI=1S/C12H15ClN2O8S/c1-15(2)8(11(17)18)5-23-12(19)14-7-3-6(13)4-9(10(7)16)24(20,21)22/h3-4,8,16H,5H2,1-2H3,(H,14,19)(H,17,18)(H,20,21,22)/t8-/m0/s1. The Bertz CT molecular complexity index is 750. The van der Waals surface area contributed by atoms with Crippen LogP contribution in [0.2, 0.25) is 5.02 Å². The maximum absolute atomic E-state index is 11.7. The van der Waals surface area contributed by atoms with E-state index in [1.807, 2.05) is 5.32 Å². The molecule has 0 saturated carbocycles. The van der Waals surface area contributed by atoms with Crippen LogP contribution in [0.1, 0.15) is 0 Å². The van der Waals surface area contributed by atoms with E-state index >= 15 is 0 Å². The predicted molar refractivity (Wildman–Crippen MR) is 83.0 cm³/mol. The third-order valence-electron chi connectivity index (χ3n) is 2.84. The van der Waals surface area contributed by atoms with Crippen LogP contribution in [0.3, 0.4) is 0 Å². The molecule has 0 heterocycles. The molecule has 1 atom stereocenters. The highest BCUT2D eigenvalue weighted by molar-refractivity contribution is 7.86. The molecule has 0 aromatic heterocycles. The van der Waals surface area contributed by atoms with Gasteiger partial charge in [-0.3, -0.25) is 19.6 Å². The highest BCUT2D eigenvalue weighted by atomic mass is 35.5. The summed E-state index contributed by atoms with van der Waals surface area (Å²) in [6.07, 6.45) is -1.15. The Kier molecular flexibility index (Phi) is 6.37. The lowest BCUT2D eigenvalue weighted by atomic mass is 10.3. The zero-order chi connectivity index (χ0) is 18.7. The third kappa shape index (κ3) is 5.23. The van der Waals surface area contributed by atoms with Gasteiger partial charge in [-0.2, -0.15) is 8.42 Å². The summed E-state index contributed by atoms with van der Waals surface area (Å²) in [5.74, 6) is -2.16. The Balaban J connectivity index is 2.92. The van der Waals surface area contributed by atoms with Gasteiger partial charge in [-0.25, -0.2) is 4.79 Å². The van der Waals surface area contributed by atoms with Crippen molar-refractivity contribution < 1.29 is 37.5 Å². The van der Waals surface area contributed by atoms with E-state index in [2.05, 4.69) is 0 Å². The quantitative estimate of drug-likeness (QED) is 0.414. The number of phenols is 1. The summed E-state index contributed by atoms with van der Waals surface area (Å²) >= 11 is 5.66. The molecular formula is C12H15ClN2O8S. The van der Waals surface area contributed by atoms with Crippen molar-refractivity contribution in [3.05, 3.63) is 17.2 Å². The first-order valence-electron chi connectivity index (χ1n) is 6.26. The third-order valence-corrected chi connectivity index (χ3v) is 3.92. The molecular weight excluding hydrogens is 368 g/mol. The fraction of sp³-hybridized carbons (Fsp3) is 0.333. The molecule has 0 spiro atoms. The molecule has 0 fully saturated rings. The number of aliphatic carboxylic acids is 1. The van der Waals surface area contributed by atoms with E-state index in [1.165, 1.54) is 19.0 Å². The van der Waals surface area contributed by atoms with Crippen molar-refractivity contribution in [3.63, 3.8) is 0 Å². The van der Waals surface area contributed by atoms with Crippen LogP contribution in [0.25, 0.3) is 0 Å². The normalized spacial score (nSPS) is 12.7. The molecule has 0 radical (unpaired) electrons. The molecule has 0 aliphatic heterocycles. The number of carbonyl (C=O) groups excluding carboxylic acids is 1. The topological polar surface area (TPSA) is 153 Å². The average molecular weight is 383 g/mol. The number of halogens is 1. The van der Waals surface area contributed by atoms with Gasteiger partial charge < -0.3 is 14.9 Å². The number of hydrogen-bond donors (Lipinski definition) is 4. The number of likely N-dealkylation sites (N-methyl/N-ethyl adjacent to an activating group) is 1. The van der Waals surface area contributed by atoms with E-state index in [1.54, 1.807) is 0 Å². The number of hydrogen-bond acceptors (Lipinski definition) is 7. The van der Waals surface area contributed by atoms with Crippen LogP contribution in [-0.2, 0) is 19.6 Å². The molecule has 0 unspecified atom stereocenters. The summed E-state index contributed by atoms with van der Waals surface area (Å²) in [4.78, 5) is 23.0. The second kappa shape index (κ2) is 7.66. The number of rotatable bonds is 6. The van der Waals surface area contributed by atoms with Gasteiger partial charge in [0.15, 0.2) is 5.75 Å². The summed E-state index contributed by atoms with van der Waals surface area (Å²) in [7, 11) is -1.83. The van der Waals surface area contributed by atoms with Gasteiger partial charge in [0.05, 0.1) is 5.69 Å². The number of carboxylic acids is 1. The van der Waals surface area contributed by atoms with Crippen molar-refractivity contribution >= 4 is 39.5 Å². The minimum Gasteiger partial charge on any atom is -0.504 e. The van der Waals surface area contributed by atoms with E-state index in [-0.39, 0.29) is 5.02 Å². The van der Waals surface area contributed by atoms with Crippen LogP contribution < -0.4 is 5.32 Å². The predicted octanol–water partition coefficient (Wildman–Crippen LogP) is 0.856. The minimum atomic E-state index is -4.77. The smallest absolute Gasteiger partial charge is 0.411 e. The Labute approximate surface area is 142 Å². The number of aromatic hydroxyl groups is 1. The molecule has 4 N–H and O–H groups in total. The van der Waals surface area contributed by atoms with E-state index in [9.17, 15) is 23.1 Å². The summed E-state index contributed by atoms with van der Waals surface area (Å²) < 4.78 is 36.0. The van der Waals surface area contributed by atoms with Crippen LogP contribution in [-0.4, -0.2) is 66.9 Å². The number of nitrogens with one attached hydrogen (secondary N) is 1. The van der Waals surface area contributed by atoms with Gasteiger partial charge >= 0.3 is 12.1 Å². The van der Waals surface area contributed by atoms with Gasteiger partial charge in [0.25, 0.3) is 10.1 Å².